The van der Waals surface area contributed by atoms with E-state index in [9.17, 15) is 5.11 Å². The first-order chi connectivity index (χ1) is 11.8. The minimum atomic E-state index is -0.911. The molecule has 0 saturated carbocycles. The number of hydrogen-bond donors (Lipinski definition) is 2. The van der Waals surface area contributed by atoms with Crippen LogP contribution in [0.3, 0.4) is 0 Å². The summed E-state index contributed by atoms with van der Waals surface area (Å²) in [6.07, 6.45) is 4.69. The van der Waals surface area contributed by atoms with E-state index in [0.717, 1.165) is 25.1 Å². The third-order valence-electron chi connectivity index (χ3n) is 5.32. The molecule has 0 aliphatic carbocycles. The van der Waals surface area contributed by atoms with Gasteiger partial charge in [0.15, 0.2) is 0 Å². The molecule has 2 atom stereocenters. The van der Waals surface area contributed by atoms with Crippen molar-refractivity contribution in [2.45, 2.75) is 50.9 Å². The number of benzene rings is 1. The Balaban J connectivity index is 1.59. The van der Waals surface area contributed by atoms with Crippen LogP contribution in [0.2, 0.25) is 0 Å². The maximum Gasteiger partial charge on any atom is 0.102 e. The first-order valence-electron chi connectivity index (χ1n) is 9.00. The fourth-order valence-corrected chi connectivity index (χ4v) is 3.67. The van der Waals surface area contributed by atoms with Crippen molar-refractivity contribution in [3.63, 3.8) is 0 Å². The first-order valence-corrected chi connectivity index (χ1v) is 9.00. The van der Waals surface area contributed by atoms with Crippen LogP contribution in [0.4, 0.5) is 0 Å². The van der Waals surface area contributed by atoms with Gasteiger partial charge in [-0.2, -0.15) is 5.10 Å². The summed E-state index contributed by atoms with van der Waals surface area (Å²) in [5, 5.41) is 18.5. The molecule has 5 heteroatoms. The normalized spacial score (nSPS) is 22.8. The van der Waals surface area contributed by atoms with Gasteiger partial charge in [0, 0.05) is 50.0 Å². The van der Waals surface area contributed by atoms with Gasteiger partial charge in [-0.15, -0.1) is 0 Å². The molecule has 136 valence electrons. The molecule has 0 radical (unpaired) electrons. The monoisotopic (exact) mass is 342 g/mol. The van der Waals surface area contributed by atoms with Crippen molar-refractivity contribution in [3.8, 4) is 0 Å². The molecule has 1 aliphatic heterocycles. The Kier molecular flexibility index (Phi) is 5.00. The average molecular weight is 342 g/mol. The number of nitrogens with zero attached hydrogens (tertiary/aromatic N) is 3. The molecule has 5 nitrogen and oxygen atoms in total. The van der Waals surface area contributed by atoms with E-state index in [0.29, 0.717) is 12.6 Å². The summed E-state index contributed by atoms with van der Waals surface area (Å²) in [7, 11) is 1.87. The fourth-order valence-electron chi connectivity index (χ4n) is 3.67. The van der Waals surface area contributed by atoms with E-state index < -0.39 is 5.60 Å². The van der Waals surface area contributed by atoms with Gasteiger partial charge in [-0.1, -0.05) is 30.3 Å². The molecule has 0 unspecified atom stereocenters. The number of aliphatic hydroxyl groups is 1. The molecule has 2 heterocycles. The van der Waals surface area contributed by atoms with Crippen LogP contribution in [-0.2, 0) is 19.2 Å². The van der Waals surface area contributed by atoms with E-state index in [1.165, 1.54) is 5.56 Å². The fraction of sp³-hybridized carbons (Fsp3) is 0.550. The lowest BCUT2D eigenvalue weighted by Gasteiger charge is -2.31. The molecule has 0 spiro atoms. The molecule has 25 heavy (non-hydrogen) atoms. The zero-order valence-corrected chi connectivity index (χ0v) is 15.7. The second kappa shape index (κ2) is 6.90. The van der Waals surface area contributed by atoms with Crippen molar-refractivity contribution in [1.82, 2.24) is 20.0 Å². The second-order valence-electron chi connectivity index (χ2n) is 8.14. The maximum atomic E-state index is 10.8. The van der Waals surface area contributed by atoms with Gasteiger partial charge in [0.1, 0.15) is 5.60 Å². The molecule has 2 aromatic rings. The highest BCUT2D eigenvalue weighted by Gasteiger charge is 2.38. The molecule has 1 aromatic heterocycles. The van der Waals surface area contributed by atoms with Crippen molar-refractivity contribution in [2.24, 2.45) is 7.05 Å². The highest BCUT2D eigenvalue weighted by atomic mass is 16.3. The standard InChI is InChI=1S/C20H30N4O/c1-19(2)10-18(14-24(19)12-16-8-6-5-7-9-16)21-15-20(3,25)17-11-22-23(4)13-17/h5-9,11,13,18,21,25H,10,12,14-15H2,1-4H3/t18-,20+/m1/s1. The minimum Gasteiger partial charge on any atom is -0.384 e. The Morgan fingerprint density at radius 2 is 2.04 bits per heavy atom. The minimum absolute atomic E-state index is 0.146. The predicted octanol–water partition coefficient (Wildman–Crippen LogP) is 2.27. The zero-order valence-electron chi connectivity index (χ0n) is 15.7. The van der Waals surface area contributed by atoms with Crippen molar-refractivity contribution in [3.05, 3.63) is 53.9 Å². The highest BCUT2D eigenvalue weighted by Crippen LogP contribution is 2.31. The lowest BCUT2D eigenvalue weighted by atomic mass is 9.97. The summed E-state index contributed by atoms with van der Waals surface area (Å²) in [5.41, 5.74) is 1.43. The van der Waals surface area contributed by atoms with Crippen LogP contribution in [0, 0.1) is 0 Å². The Bertz CT molecular complexity index is 693. The number of likely N-dealkylation sites (tertiary alicyclic amines) is 1. The summed E-state index contributed by atoms with van der Waals surface area (Å²) >= 11 is 0. The van der Waals surface area contributed by atoms with Gasteiger partial charge in [-0.25, -0.2) is 0 Å². The van der Waals surface area contributed by atoms with Gasteiger partial charge in [0.25, 0.3) is 0 Å². The molecule has 1 aromatic carbocycles. The molecule has 2 N–H and O–H groups in total. The predicted molar refractivity (Wildman–Crippen MR) is 100 cm³/mol. The molecule has 0 amide bonds. The van der Waals surface area contributed by atoms with Crippen molar-refractivity contribution < 1.29 is 5.11 Å². The van der Waals surface area contributed by atoms with Crippen LogP contribution in [0.15, 0.2) is 42.7 Å². The summed E-state index contributed by atoms with van der Waals surface area (Å²) in [5.74, 6) is 0. The van der Waals surface area contributed by atoms with Gasteiger partial charge < -0.3 is 10.4 Å². The summed E-state index contributed by atoms with van der Waals surface area (Å²) < 4.78 is 1.73. The smallest absolute Gasteiger partial charge is 0.102 e. The van der Waals surface area contributed by atoms with E-state index in [4.69, 9.17) is 0 Å². The Morgan fingerprint density at radius 1 is 1.32 bits per heavy atom. The lowest BCUT2D eigenvalue weighted by molar-refractivity contribution is 0.0539. The zero-order chi connectivity index (χ0) is 18.1. The van der Waals surface area contributed by atoms with Crippen molar-refractivity contribution >= 4 is 0 Å². The number of aryl methyl sites for hydroxylation is 1. The van der Waals surface area contributed by atoms with E-state index in [1.807, 2.05) is 20.2 Å². The second-order valence-corrected chi connectivity index (χ2v) is 8.14. The summed E-state index contributed by atoms with van der Waals surface area (Å²) in [6.45, 7) is 8.93. The van der Waals surface area contributed by atoms with Crippen LogP contribution in [0.25, 0.3) is 0 Å². The van der Waals surface area contributed by atoms with Gasteiger partial charge >= 0.3 is 0 Å². The Labute approximate surface area is 150 Å². The molecule has 0 bridgehead atoms. The van der Waals surface area contributed by atoms with Gasteiger partial charge in [0.2, 0.25) is 0 Å². The molecule has 3 rings (SSSR count). The van der Waals surface area contributed by atoms with Crippen LogP contribution in [0.1, 0.15) is 38.3 Å². The number of rotatable bonds is 6. The first kappa shape index (κ1) is 18.1. The van der Waals surface area contributed by atoms with Crippen LogP contribution >= 0.6 is 0 Å². The van der Waals surface area contributed by atoms with E-state index >= 15 is 0 Å². The number of hydrogen-bond acceptors (Lipinski definition) is 4. The van der Waals surface area contributed by atoms with Crippen molar-refractivity contribution in [2.75, 3.05) is 13.1 Å². The topological polar surface area (TPSA) is 53.3 Å². The molecule has 1 aliphatic rings. The third kappa shape index (κ3) is 4.29. The summed E-state index contributed by atoms with van der Waals surface area (Å²) in [6, 6.07) is 11.0. The quantitative estimate of drug-likeness (QED) is 0.846. The number of aromatic nitrogens is 2. The van der Waals surface area contributed by atoms with Gasteiger partial charge in [-0.3, -0.25) is 9.58 Å². The van der Waals surface area contributed by atoms with Crippen LogP contribution < -0.4 is 5.32 Å². The molecule has 1 fully saturated rings. The molecule has 1 saturated heterocycles. The lowest BCUT2D eigenvalue weighted by Crippen LogP contribution is -2.41. The van der Waals surface area contributed by atoms with Crippen molar-refractivity contribution in [1.29, 1.82) is 0 Å². The van der Waals surface area contributed by atoms with Gasteiger partial charge in [-0.05, 0) is 32.8 Å². The number of nitrogens with one attached hydrogen (secondary N) is 1. The largest absolute Gasteiger partial charge is 0.384 e. The van der Waals surface area contributed by atoms with E-state index in [-0.39, 0.29) is 5.54 Å². The van der Waals surface area contributed by atoms with E-state index in [1.54, 1.807) is 10.9 Å². The average Bonchev–Trinajstić information content (AvgIpc) is 3.11. The Hall–Kier alpha value is -1.69. The highest BCUT2D eigenvalue weighted by molar-refractivity contribution is 5.16. The van der Waals surface area contributed by atoms with E-state index in [2.05, 4.69) is 59.5 Å². The van der Waals surface area contributed by atoms with Gasteiger partial charge in [0.05, 0.1) is 6.20 Å². The molecular weight excluding hydrogens is 312 g/mol. The third-order valence-corrected chi connectivity index (χ3v) is 5.32. The SMILES string of the molecule is Cn1cc([C@@](C)(O)CN[C@H]2CN(Cc3ccccc3)C(C)(C)C2)cn1. The Morgan fingerprint density at radius 3 is 2.68 bits per heavy atom. The molecular formula is C20H30N4O. The van der Waals surface area contributed by atoms with Crippen LogP contribution in [0.5, 0.6) is 0 Å². The summed E-state index contributed by atoms with van der Waals surface area (Å²) in [4.78, 5) is 2.53. The maximum absolute atomic E-state index is 10.8. The van der Waals surface area contributed by atoms with Crippen LogP contribution in [-0.4, -0.2) is 44.5 Å².